The van der Waals surface area contributed by atoms with Crippen molar-refractivity contribution in [2.24, 2.45) is 0 Å². The van der Waals surface area contributed by atoms with Gasteiger partial charge in [0.15, 0.2) is 6.10 Å². The van der Waals surface area contributed by atoms with Gasteiger partial charge in [-0.05, 0) is 43.0 Å². The maximum absolute atomic E-state index is 13.0. The fourth-order valence-electron chi connectivity index (χ4n) is 3.89. The Kier molecular flexibility index (Phi) is 5.63. The first kappa shape index (κ1) is 19.6. The Bertz CT molecular complexity index is 1020. The Morgan fingerprint density at radius 2 is 1.72 bits per heavy atom. The number of carbonyl (C=O) groups excluding carboxylic acids is 1. The van der Waals surface area contributed by atoms with Crippen LogP contribution in [0.1, 0.15) is 12.5 Å². The van der Waals surface area contributed by atoms with Gasteiger partial charge < -0.3 is 14.5 Å². The summed E-state index contributed by atoms with van der Waals surface area (Å²) >= 11 is 6.17. The van der Waals surface area contributed by atoms with E-state index >= 15 is 0 Å². The molecule has 1 saturated heterocycles. The summed E-state index contributed by atoms with van der Waals surface area (Å²) in [5, 5.41) is 2.87. The maximum Gasteiger partial charge on any atom is 0.263 e. The highest BCUT2D eigenvalue weighted by Gasteiger charge is 2.27. The molecule has 1 fully saturated rings. The minimum atomic E-state index is -0.528. The topological polar surface area (TPSA) is 32.8 Å². The molecule has 5 heteroatoms. The third-order valence-corrected chi connectivity index (χ3v) is 5.74. The van der Waals surface area contributed by atoms with Crippen LogP contribution in [-0.2, 0) is 4.79 Å². The zero-order valence-electron chi connectivity index (χ0n) is 16.8. The fourth-order valence-corrected chi connectivity index (χ4v) is 4.05. The van der Waals surface area contributed by atoms with Gasteiger partial charge in [0.05, 0.1) is 0 Å². The predicted molar refractivity (Wildman–Crippen MR) is 119 cm³/mol. The van der Waals surface area contributed by atoms with Gasteiger partial charge in [0.2, 0.25) is 0 Å². The van der Waals surface area contributed by atoms with Gasteiger partial charge in [0, 0.05) is 42.3 Å². The Labute approximate surface area is 176 Å². The summed E-state index contributed by atoms with van der Waals surface area (Å²) in [5.74, 6) is 0.775. The highest BCUT2D eigenvalue weighted by atomic mass is 35.5. The summed E-state index contributed by atoms with van der Waals surface area (Å²) in [4.78, 5) is 17.2. The number of nitrogens with zero attached hydrogens (tertiary/aromatic N) is 2. The number of anilines is 1. The normalized spacial score (nSPS) is 15.4. The number of piperazine rings is 1. The predicted octanol–water partition coefficient (Wildman–Crippen LogP) is 4.92. The van der Waals surface area contributed by atoms with E-state index in [1.54, 1.807) is 0 Å². The second kappa shape index (κ2) is 8.34. The van der Waals surface area contributed by atoms with Crippen LogP contribution in [0.25, 0.3) is 10.8 Å². The van der Waals surface area contributed by atoms with Gasteiger partial charge in [-0.25, -0.2) is 0 Å². The molecule has 0 radical (unpaired) electrons. The molecule has 1 heterocycles. The van der Waals surface area contributed by atoms with Crippen LogP contribution in [-0.4, -0.2) is 43.1 Å². The van der Waals surface area contributed by atoms with Crippen molar-refractivity contribution in [3.8, 4) is 5.75 Å². The molecule has 3 aromatic rings. The molecule has 150 valence electrons. The highest BCUT2D eigenvalue weighted by Crippen LogP contribution is 2.27. The van der Waals surface area contributed by atoms with E-state index in [1.165, 1.54) is 5.56 Å². The lowest BCUT2D eigenvalue weighted by Crippen LogP contribution is -2.52. The third-order valence-electron chi connectivity index (χ3n) is 5.50. The Balaban J connectivity index is 1.41. The van der Waals surface area contributed by atoms with Crippen molar-refractivity contribution in [2.45, 2.75) is 20.0 Å². The van der Waals surface area contributed by atoms with Crippen LogP contribution < -0.4 is 9.64 Å². The fraction of sp³-hybridized carbons (Fsp3) is 0.292. The number of rotatable bonds is 4. The van der Waals surface area contributed by atoms with Crippen LogP contribution in [0, 0.1) is 6.92 Å². The van der Waals surface area contributed by atoms with Gasteiger partial charge in [-0.1, -0.05) is 54.1 Å². The number of halogens is 1. The van der Waals surface area contributed by atoms with Gasteiger partial charge in [0.1, 0.15) is 5.75 Å². The Morgan fingerprint density at radius 1 is 1.00 bits per heavy atom. The first-order valence-electron chi connectivity index (χ1n) is 9.97. The number of hydrogen-bond donors (Lipinski definition) is 0. The number of benzene rings is 3. The first-order chi connectivity index (χ1) is 14.0. The van der Waals surface area contributed by atoms with Crippen LogP contribution >= 0.6 is 11.6 Å². The highest BCUT2D eigenvalue weighted by molar-refractivity contribution is 6.30. The van der Waals surface area contributed by atoms with Crippen LogP contribution in [0.3, 0.4) is 0 Å². The molecule has 1 atom stereocenters. The molecule has 29 heavy (non-hydrogen) atoms. The second-order valence-corrected chi connectivity index (χ2v) is 7.92. The number of fused-ring (bicyclic) bond motifs is 1. The average molecular weight is 409 g/mol. The van der Waals surface area contributed by atoms with Gasteiger partial charge in [-0.2, -0.15) is 0 Å². The molecule has 0 saturated carbocycles. The van der Waals surface area contributed by atoms with E-state index in [2.05, 4.69) is 11.8 Å². The minimum Gasteiger partial charge on any atom is -0.480 e. The number of aryl methyl sites for hydroxylation is 1. The molecule has 1 unspecified atom stereocenters. The number of carbonyl (C=O) groups is 1. The molecule has 4 nitrogen and oxygen atoms in total. The largest absolute Gasteiger partial charge is 0.480 e. The van der Waals surface area contributed by atoms with Crippen LogP contribution in [0.2, 0.25) is 5.02 Å². The number of amides is 1. The van der Waals surface area contributed by atoms with E-state index in [0.717, 1.165) is 40.3 Å². The van der Waals surface area contributed by atoms with Crippen molar-refractivity contribution < 1.29 is 9.53 Å². The van der Waals surface area contributed by atoms with E-state index in [4.69, 9.17) is 16.3 Å². The van der Waals surface area contributed by atoms with Crippen molar-refractivity contribution in [1.29, 1.82) is 0 Å². The van der Waals surface area contributed by atoms with E-state index in [-0.39, 0.29) is 5.91 Å². The molecule has 0 N–H and O–H groups in total. The van der Waals surface area contributed by atoms with Crippen LogP contribution in [0.5, 0.6) is 5.75 Å². The van der Waals surface area contributed by atoms with Crippen molar-refractivity contribution >= 4 is 34.0 Å². The summed E-state index contributed by atoms with van der Waals surface area (Å²) in [6.45, 7) is 6.84. The average Bonchev–Trinajstić information content (AvgIpc) is 2.75. The van der Waals surface area contributed by atoms with E-state index in [9.17, 15) is 4.79 Å². The van der Waals surface area contributed by atoms with Crippen molar-refractivity contribution in [2.75, 3.05) is 31.1 Å². The molecule has 0 spiro atoms. The third kappa shape index (κ3) is 4.18. The van der Waals surface area contributed by atoms with Gasteiger partial charge in [0.25, 0.3) is 5.91 Å². The monoisotopic (exact) mass is 408 g/mol. The zero-order chi connectivity index (χ0) is 20.4. The van der Waals surface area contributed by atoms with Gasteiger partial charge in [-0.3, -0.25) is 4.79 Å². The lowest BCUT2D eigenvalue weighted by atomic mass is 10.1. The summed E-state index contributed by atoms with van der Waals surface area (Å²) in [5.41, 5.74) is 2.34. The van der Waals surface area contributed by atoms with Crippen molar-refractivity contribution in [3.05, 3.63) is 71.2 Å². The molecule has 1 aliphatic heterocycles. The SMILES string of the molecule is Cc1ccc(Cl)cc1N1CCN(C(=O)C(C)Oc2cccc3ccccc23)CC1. The lowest BCUT2D eigenvalue weighted by molar-refractivity contribution is -0.138. The van der Waals surface area contributed by atoms with Crippen LogP contribution in [0.15, 0.2) is 60.7 Å². The quantitative estimate of drug-likeness (QED) is 0.614. The first-order valence-corrected chi connectivity index (χ1v) is 10.3. The summed E-state index contributed by atoms with van der Waals surface area (Å²) in [6, 6.07) is 19.9. The molecular formula is C24H25ClN2O2. The molecule has 0 bridgehead atoms. The number of ether oxygens (including phenoxy) is 1. The van der Waals surface area contributed by atoms with Crippen molar-refractivity contribution in [3.63, 3.8) is 0 Å². The van der Waals surface area contributed by atoms with Crippen LogP contribution in [0.4, 0.5) is 5.69 Å². The summed E-state index contributed by atoms with van der Waals surface area (Å²) in [6.07, 6.45) is -0.528. The molecule has 4 rings (SSSR count). The van der Waals surface area contributed by atoms with E-state index < -0.39 is 6.10 Å². The summed E-state index contributed by atoms with van der Waals surface area (Å²) < 4.78 is 6.07. The lowest BCUT2D eigenvalue weighted by Gasteiger charge is -2.37. The standard InChI is InChI=1S/C24H25ClN2O2/c1-17-10-11-20(25)16-22(17)26-12-14-27(15-13-26)24(28)18(2)29-23-9-5-7-19-6-3-4-8-21(19)23/h3-11,16,18H,12-15H2,1-2H3. The maximum atomic E-state index is 13.0. The molecule has 1 amide bonds. The Hall–Kier alpha value is -2.72. The second-order valence-electron chi connectivity index (χ2n) is 7.48. The molecule has 0 aromatic heterocycles. The van der Waals surface area contributed by atoms with Crippen molar-refractivity contribution in [1.82, 2.24) is 4.90 Å². The van der Waals surface area contributed by atoms with Gasteiger partial charge >= 0.3 is 0 Å². The number of hydrogen-bond acceptors (Lipinski definition) is 3. The van der Waals surface area contributed by atoms with E-state index in [0.29, 0.717) is 13.1 Å². The zero-order valence-corrected chi connectivity index (χ0v) is 17.5. The van der Waals surface area contributed by atoms with Gasteiger partial charge in [-0.15, -0.1) is 0 Å². The Morgan fingerprint density at radius 3 is 2.52 bits per heavy atom. The van der Waals surface area contributed by atoms with E-state index in [1.807, 2.05) is 72.5 Å². The molecule has 3 aromatic carbocycles. The molecular weight excluding hydrogens is 384 g/mol. The molecule has 0 aliphatic carbocycles. The minimum absolute atomic E-state index is 0.0281. The molecule has 1 aliphatic rings. The summed E-state index contributed by atoms with van der Waals surface area (Å²) in [7, 11) is 0. The smallest absolute Gasteiger partial charge is 0.263 e.